The number of nitrogens with zero attached hydrogens (tertiary/aromatic N) is 2. The zero-order valence-corrected chi connectivity index (χ0v) is 19.8. The first kappa shape index (κ1) is 24.2. The van der Waals surface area contributed by atoms with Crippen LogP contribution in [0.25, 0.3) is 0 Å². The van der Waals surface area contributed by atoms with Gasteiger partial charge < -0.3 is 15.0 Å². The number of amides is 2. The Hall–Kier alpha value is -3.41. The Balaban J connectivity index is 1.84. The molecule has 0 bridgehead atoms. The number of rotatable bonds is 7. The third-order valence-electron chi connectivity index (χ3n) is 5.63. The number of allylic oxidation sites excluding steroid dienone is 4. The van der Waals surface area contributed by atoms with Gasteiger partial charge in [-0.15, -0.1) is 0 Å². The van der Waals surface area contributed by atoms with Crippen LogP contribution in [0.2, 0.25) is 0 Å². The van der Waals surface area contributed by atoms with Crippen molar-refractivity contribution in [2.45, 2.75) is 58.1 Å². The molecule has 0 fully saturated rings. The van der Waals surface area contributed by atoms with E-state index in [1.807, 2.05) is 42.5 Å². The van der Waals surface area contributed by atoms with Crippen LogP contribution in [0.1, 0.15) is 45.6 Å². The van der Waals surface area contributed by atoms with Crippen molar-refractivity contribution in [2.75, 3.05) is 6.54 Å². The van der Waals surface area contributed by atoms with Gasteiger partial charge in [-0.05, 0) is 81.2 Å². The van der Waals surface area contributed by atoms with E-state index in [1.165, 1.54) is 5.57 Å². The molecule has 0 spiro atoms. The lowest BCUT2D eigenvalue weighted by atomic mass is 9.92. The molecule has 0 saturated heterocycles. The number of alkyl carbamates (subject to hydrolysis) is 1. The molecule has 2 amide bonds. The maximum absolute atomic E-state index is 13.7. The second-order valence-electron chi connectivity index (χ2n) is 9.31. The Labute approximate surface area is 196 Å². The Morgan fingerprint density at radius 1 is 1.21 bits per heavy atom. The summed E-state index contributed by atoms with van der Waals surface area (Å²) in [6.45, 7) is 13.6. The minimum absolute atomic E-state index is 0.138. The molecule has 33 heavy (non-hydrogen) atoms. The second-order valence-corrected chi connectivity index (χ2v) is 9.31. The standard InChI is InChI=1S/C27H33N3O3/c1-19(13-15-28-5)22-12-11-21-14-16-30(24(21)18-22)25(31)23(17-20-9-7-6-8-10-20)29-26(32)33-27(2,3)4/h6-10,13,15,18,23H,1,5,11-12,14,16-17H2,2-4H3,(H,29,32). The molecule has 1 aliphatic heterocycles. The summed E-state index contributed by atoms with van der Waals surface area (Å²) in [5, 5.41) is 2.81. The number of aliphatic imine (C=N–C) groups is 1. The molecule has 1 unspecified atom stereocenters. The molecule has 1 aliphatic carbocycles. The molecule has 1 aromatic carbocycles. The molecular weight excluding hydrogens is 414 g/mol. The van der Waals surface area contributed by atoms with Gasteiger partial charge in [0.1, 0.15) is 11.6 Å². The predicted octanol–water partition coefficient (Wildman–Crippen LogP) is 5.10. The van der Waals surface area contributed by atoms with E-state index in [1.54, 1.807) is 31.9 Å². The van der Waals surface area contributed by atoms with Gasteiger partial charge in [-0.2, -0.15) is 0 Å². The van der Waals surface area contributed by atoms with Gasteiger partial charge >= 0.3 is 6.09 Å². The molecule has 0 aromatic heterocycles. The van der Waals surface area contributed by atoms with Crippen molar-refractivity contribution in [1.29, 1.82) is 0 Å². The van der Waals surface area contributed by atoms with Gasteiger partial charge in [0.15, 0.2) is 0 Å². The van der Waals surface area contributed by atoms with E-state index in [2.05, 4.69) is 23.6 Å². The largest absolute Gasteiger partial charge is 0.444 e. The first-order chi connectivity index (χ1) is 15.7. The Morgan fingerprint density at radius 2 is 1.94 bits per heavy atom. The molecule has 1 N–H and O–H groups in total. The zero-order chi connectivity index (χ0) is 24.0. The molecule has 6 nitrogen and oxygen atoms in total. The minimum Gasteiger partial charge on any atom is -0.444 e. The van der Waals surface area contributed by atoms with Gasteiger partial charge in [0.2, 0.25) is 5.91 Å². The highest BCUT2D eigenvalue weighted by Crippen LogP contribution is 2.36. The topological polar surface area (TPSA) is 71.0 Å². The van der Waals surface area contributed by atoms with Crippen LogP contribution in [0.5, 0.6) is 0 Å². The summed E-state index contributed by atoms with van der Waals surface area (Å²) in [6.07, 6.45) is 7.89. The van der Waals surface area contributed by atoms with Crippen LogP contribution in [-0.2, 0) is 16.0 Å². The fourth-order valence-corrected chi connectivity index (χ4v) is 4.06. The normalized spacial score (nSPS) is 16.8. The van der Waals surface area contributed by atoms with Crippen LogP contribution in [-0.4, -0.2) is 41.8 Å². The molecule has 3 rings (SSSR count). The highest BCUT2D eigenvalue weighted by molar-refractivity contribution is 5.88. The molecule has 0 saturated carbocycles. The van der Waals surface area contributed by atoms with E-state index in [-0.39, 0.29) is 5.91 Å². The quantitative estimate of drug-likeness (QED) is 0.467. The highest BCUT2D eigenvalue weighted by Gasteiger charge is 2.34. The first-order valence-electron chi connectivity index (χ1n) is 11.3. The fourth-order valence-electron chi connectivity index (χ4n) is 4.06. The number of carbonyl (C=O) groups is 2. The summed E-state index contributed by atoms with van der Waals surface area (Å²) >= 11 is 0. The van der Waals surface area contributed by atoms with E-state index in [0.717, 1.165) is 41.7 Å². The average molecular weight is 448 g/mol. The third-order valence-corrected chi connectivity index (χ3v) is 5.63. The molecule has 2 aliphatic rings. The molecule has 1 atom stereocenters. The maximum Gasteiger partial charge on any atom is 0.408 e. The van der Waals surface area contributed by atoms with Crippen molar-refractivity contribution in [3.05, 3.63) is 83.2 Å². The second kappa shape index (κ2) is 10.5. The van der Waals surface area contributed by atoms with Crippen LogP contribution >= 0.6 is 0 Å². The van der Waals surface area contributed by atoms with E-state index >= 15 is 0 Å². The van der Waals surface area contributed by atoms with Crippen LogP contribution in [0.3, 0.4) is 0 Å². The molecule has 1 aromatic rings. The van der Waals surface area contributed by atoms with Gasteiger partial charge in [0.05, 0.1) is 0 Å². The zero-order valence-electron chi connectivity index (χ0n) is 19.8. The number of hydrogen-bond acceptors (Lipinski definition) is 4. The van der Waals surface area contributed by atoms with Crippen molar-refractivity contribution >= 4 is 18.7 Å². The van der Waals surface area contributed by atoms with Crippen molar-refractivity contribution in [1.82, 2.24) is 10.2 Å². The average Bonchev–Trinajstić information content (AvgIpc) is 3.19. The minimum atomic E-state index is -0.735. The van der Waals surface area contributed by atoms with Crippen molar-refractivity contribution in [2.24, 2.45) is 4.99 Å². The summed E-state index contributed by atoms with van der Waals surface area (Å²) in [5.74, 6) is -0.138. The number of benzene rings is 1. The van der Waals surface area contributed by atoms with Gasteiger partial charge in [-0.3, -0.25) is 9.79 Å². The molecule has 174 valence electrons. The fraction of sp³-hybridized carbons (Fsp3) is 0.370. The highest BCUT2D eigenvalue weighted by atomic mass is 16.6. The van der Waals surface area contributed by atoms with Crippen molar-refractivity contribution in [3.63, 3.8) is 0 Å². The van der Waals surface area contributed by atoms with Crippen LogP contribution in [0, 0.1) is 0 Å². The molecular formula is C27H33N3O3. The van der Waals surface area contributed by atoms with Gasteiger partial charge in [0.25, 0.3) is 0 Å². The number of carbonyl (C=O) groups excluding carboxylic acids is 2. The van der Waals surface area contributed by atoms with Gasteiger partial charge in [-0.1, -0.05) is 36.9 Å². The number of nitrogens with one attached hydrogen (secondary N) is 1. The SMILES string of the molecule is C=NC=CC(=C)C1=CC2=C(CC1)CCN2C(=O)C(Cc1ccccc1)NC(=O)OC(C)(C)C. The first-order valence-corrected chi connectivity index (χ1v) is 11.3. The molecule has 0 radical (unpaired) electrons. The summed E-state index contributed by atoms with van der Waals surface area (Å²) in [6, 6.07) is 8.95. The van der Waals surface area contributed by atoms with Gasteiger partial charge in [0, 0.05) is 24.9 Å². The number of hydrogen-bond donors (Lipinski definition) is 1. The lowest BCUT2D eigenvalue weighted by Gasteiger charge is -2.28. The Kier molecular flexibility index (Phi) is 7.69. The lowest BCUT2D eigenvalue weighted by Crippen LogP contribution is -2.50. The predicted molar refractivity (Wildman–Crippen MR) is 132 cm³/mol. The summed E-state index contributed by atoms with van der Waals surface area (Å²) in [7, 11) is 0. The van der Waals surface area contributed by atoms with Crippen LogP contribution in [0.15, 0.2) is 82.7 Å². The Morgan fingerprint density at radius 3 is 2.61 bits per heavy atom. The molecule has 1 heterocycles. The van der Waals surface area contributed by atoms with Gasteiger partial charge in [-0.25, -0.2) is 4.79 Å². The third kappa shape index (κ3) is 6.54. The van der Waals surface area contributed by atoms with Crippen molar-refractivity contribution < 1.29 is 14.3 Å². The van der Waals surface area contributed by atoms with E-state index in [4.69, 9.17) is 4.74 Å². The summed E-state index contributed by atoms with van der Waals surface area (Å²) in [5.41, 5.74) is 4.45. The maximum atomic E-state index is 13.7. The molecule has 6 heteroatoms. The number of ether oxygens (including phenoxy) is 1. The smallest absolute Gasteiger partial charge is 0.408 e. The summed E-state index contributed by atoms with van der Waals surface area (Å²) < 4.78 is 5.43. The van der Waals surface area contributed by atoms with Crippen LogP contribution in [0.4, 0.5) is 4.79 Å². The lowest BCUT2D eigenvalue weighted by molar-refractivity contribution is -0.131. The Bertz CT molecular complexity index is 1010. The van der Waals surface area contributed by atoms with Crippen molar-refractivity contribution in [3.8, 4) is 0 Å². The van der Waals surface area contributed by atoms with E-state index < -0.39 is 17.7 Å². The summed E-state index contributed by atoms with van der Waals surface area (Å²) in [4.78, 5) is 31.8. The van der Waals surface area contributed by atoms with E-state index in [0.29, 0.717) is 13.0 Å². The monoisotopic (exact) mass is 447 g/mol. The van der Waals surface area contributed by atoms with E-state index in [9.17, 15) is 9.59 Å². The van der Waals surface area contributed by atoms with Crippen LogP contribution < -0.4 is 5.32 Å².